The molecule has 0 saturated carbocycles. The van der Waals surface area contributed by atoms with Gasteiger partial charge in [-0.05, 0) is 37.1 Å². The molecule has 1 aliphatic heterocycles. The maximum absolute atomic E-state index is 13.3. The summed E-state index contributed by atoms with van der Waals surface area (Å²) in [7, 11) is -10.1. The van der Waals surface area contributed by atoms with Gasteiger partial charge in [-0.1, -0.05) is 38.0 Å². The molecule has 1 unspecified atom stereocenters. The molecule has 13 heteroatoms. The Morgan fingerprint density at radius 3 is 2.25 bits per heavy atom. The van der Waals surface area contributed by atoms with Gasteiger partial charge in [0.2, 0.25) is 6.10 Å². The Balaban J connectivity index is 2.75. The van der Waals surface area contributed by atoms with Crippen molar-refractivity contribution in [1.82, 2.24) is 0 Å². The summed E-state index contributed by atoms with van der Waals surface area (Å²) in [6.45, 7) is 2.36. The Morgan fingerprint density at radius 2 is 1.82 bits per heavy atom. The second-order valence-corrected chi connectivity index (χ2v) is 8.93. The molecule has 0 saturated heterocycles. The van der Waals surface area contributed by atoms with Crippen molar-refractivity contribution in [3.63, 3.8) is 0 Å². The fraction of sp³-hybridized carbons (Fsp3) is 0.400. The average molecular weight is 461 g/mol. The van der Waals surface area contributed by atoms with Crippen LogP contribution in [0.1, 0.15) is 25.0 Å². The van der Waals surface area contributed by atoms with E-state index in [1.165, 1.54) is 6.92 Å². The van der Waals surface area contributed by atoms with E-state index in [2.05, 4.69) is 4.74 Å². The van der Waals surface area contributed by atoms with Crippen LogP contribution >= 0.6 is 21.8 Å². The molecule has 0 aliphatic carbocycles. The first kappa shape index (κ1) is 22.6. The van der Waals surface area contributed by atoms with Crippen molar-refractivity contribution < 1.29 is 46.9 Å². The van der Waals surface area contributed by atoms with Gasteiger partial charge in [-0.15, -0.1) is 0 Å². The molecule has 0 bridgehead atoms. The van der Waals surface area contributed by atoms with Crippen molar-refractivity contribution >= 4 is 33.9 Å². The van der Waals surface area contributed by atoms with Gasteiger partial charge in [0.25, 0.3) is 0 Å². The number of aryl methyl sites for hydroxylation is 1. The summed E-state index contributed by atoms with van der Waals surface area (Å²) in [5.41, 5.74) is -3.85. The molecule has 1 heterocycles. The summed E-state index contributed by atoms with van der Waals surface area (Å²) < 4.78 is 115. The van der Waals surface area contributed by atoms with E-state index in [1.54, 1.807) is 0 Å². The quantitative estimate of drug-likeness (QED) is 0.283. The van der Waals surface area contributed by atoms with E-state index in [9.17, 15) is 37.4 Å². The van der Waals surface area contributed by atoms with E-state index in [1.807, 2.05) is 0 Å². The summed E-state index contributed by atoms with van der Waals surface area (Å²) >= 11 is 5.39. The number of hydrogen-bond acceptors (Lipinski definition) is 3. The van der Waals surface area contributed by atoms with Crippen LogP contribution in [0.3, 0.4) is 0 Å². The highest BCUT2D eigenvalue weighted by Gasteiger charge is 2.65. The molecule has 160 valence electrons. The lowest BCUT2D eigenvalue weighted by atomic mass is 9.98. The van der Waals surface area contributed by atoms with E-state index < -0.39 is 61.4 Å². The third-order valence-corrected chi connectivity index (χ3v) is 4.84. The molecule has 0 radical (unpaired) electrons. The van der Waals surface area contributed by atoms with E-state index in [0.717, 1.165) is 6.92 Å². The number of fused-ring (bicyclic) bond motifs is 1. The Hall–Kier alpha value is -1.69. The molecule has 1 aliphatic rings. The smallest absolute Gasteiger partial charge is 0.430 e. The Labute approximate surface area is 159 Å². The average Bonchev–Trinajstić information content (AvgIpc) is 2.48. The van der Waals surface area contributed by atoms with Crippen molar-refractivity contribution in [3.8, 4) is 5.75 Å². The lowest BCUT2D eigenvalue weighted by molar-refractivity contribution is -0.188. The van der Waals surface area contributed by atoms with Crippen LogP contribution < -0.4 is 4.74 Å². The van der Waals surface area contributed by atoms with Crippen molar-refractivity contribution in [3.05, 3.63) is 28.8 Å². The number of alkyl halides is 4. The van der Waals surface area contributed by atoms with Crippen LogP contribution in [-0.4, -0.2) is 23.8 Å². The second kappa shape index (κ2) is 6.15. The van der Waals surface area contributed by atoms with Crippen LogP contribution in [0.15, 0.2) is 22.6 Å². The predicted octanol–water partition coefficient (Wildman–Crippen LogP) is 6.74. The predicted molar refractivity (Wildman–Crippen MR) is 87.1 cm³/mol. The zero-order valence-electron chi connectivity index (χ0n) is 14.1. The highest BCUT2D eigenvalue weighted by atomic mass is 35.5. The van der Waals surface area contributed by atoms with Gasteiger partial charge in [-0.3, -0.25) is 0 Å². The van der Waals surface area contributed by atoms with Crippen molar-refractivity contribution in [2.45, 2.75) is 43.0 Å². The van der Waals surface area contributed by atoms with Crippen molar-refractivity contribution in [1.29, 1.82) is 0 Å². The normalized spacial score (nSPS) is 20.8. The number of benzene rings is 1. The number of esters is 1. The topological polar surface area (TPSA) is 35.5 Å². The number of rotatable bonds is 4. The summed E-state index contributed by atoms with van der Waals surface area (Å²) in [5, 5.41) is 0. The first-order valence-electron chi connectivity index (χ1n) is 7.54. The lowest BCUT2D eigenvalue weighted by Crippen LogP contribution is -2.41. The summed E-state index contributed by atoms with van der Waals surface area (Å²) in [6.07, 6.45) is -7.94. The van der Waals surface area contributed by atoms with E-state index in [0.29, 0.717) is 6.08 Å². The number of carbonyl (C=O) groups is 1. The lowest BCUT2D eigenvalue weighted by Gasteiger charge is -2.41. The summed E-state index contributed by atoms with van der Waals surface area (Å²) in [5.74, 6) is -2.28. The largest absolute Gasteiger partial charge is 0.475 e. The minimum atomic E-state index is -10.1. The van der Waals surface area contributed by atoms with Crippen LogP contribution in [0.25, 0.3) is 6.08 Å². The van der Waals surface area contributed by atoms with Crippen LogP contribution in [0.4, 0.5) is 32.6 Å². The second-order valence-electron chi connectivity index (χ2n) is 5.91. The number of ether oxygens (including phenoxy) is 2. The van der Waals surface area contributed by atoms with Gasteiger partial charge in [0.15, 0.2) is 5.56 Å². The molecular formula is C15H13ClF8O3S. The molecule has 3 nitrogen and oxygen atoms in total. The number of hydrogen-bond donors (Lipinski definition) is 0. The Bertz CT molecular complexity index is 846. The Kier molecular flexibility index (Phi) is 4.96. The highest BCUT2D eigenvalue weighted by molar-refractivity contribution is 8.45. The van der Waals surface area contributed by atoms with Gasteiger partial charge >= 0.3 is 22.4 Å². The highest BCUT2D eigenvalue weighted by Crippen LogP contribution is 3.02. The fourth-order valence-corrected chi connectivity index (χ4v) is 3.26. The third kappa shape index (κ3) is 4.83. The van der Waals surface area contributed by atoms with Crippen LogP contribution in [-0.2, 0) is 16.0 Å². The molecule has 0 aromatic heterocycles. The van der Waals surface area contributed by atoms with E-state index in [4.69, 9.17) is 16.3 Å². The van der Waals surface area contributed by atoms with Crippen molar-refractivity contribution in [2.75, 3.05) is 0 Å². The Morgan fingerprint density at radius 1 is 1.25 bits per heavy atom. The first-order valence-corrected chi connectivity index (χ1v) is 9.93. The summed E-state index contributed by atoms with van der Waals surface area (Å²) in [4.78, 5) is 9.61. The maximum Gasteiger partial charge on any atom is 0.430 e. The molecule has 0 fully saturated rings. The fourth-order valence-electron chi connectivity index (χ4n) is 2.47. The van der Waals surface area contributed by atoms with Crippen LogP contribution in [0.5, 0.6) is 5.75 Å². The number of carbonyl (C=O) groups excluding carboxylic acids is 1. The minimum Gasteiger partial charge on any atom is -0.475 e. The third-order valence-electron chi connectivity index (χ3n) is 3.63. The SMILES string of the molecule is CCc1cc(S(F)(F)(F)(F)F)cc2c1O[C@H](C(F)(F)F)C(C(=O)OC(C)Cl)=C2. The monoisotopic (exact) mass is 460 g/mol. The first-order chi connectivity index (χ1) is 12.3. The molecule has 0 amide bonds. The van der Waals surface area contributed by atoms with Gasteiger partial charge in [-0.2, -0.15) is 13.2 Å². The van der Waals surface area contributed by atoms with Gasteiger partial charge in [0.05, 0.1) is 5.57 Å². The van der Waals surface area contributed by atoms with Gasteiger partial charge < -0.3 is 9.47 Å². The molecule has 28 heavy (non-hydrogen) atoms. The summed E-state index contributed by atoms with van der Waals surface area (Å²) in [6, 6.07) is -0.00807. The molecular weight excluding hydrogens is 448 g/mol. The van der Waals surface area contributed by atoms with Crippen molar-refractivity contribution in [2.24, 2.45) is 0 Å². The van der Waals surface area contributed by atoms with Gasteiger partial charge in [0, 0.05) is 5.56 Å². The maximum atomic E-state index is 13.3. The van der Waals surface area contributed by atoms with Crippen LogP contribution in [0, 0.1) is 0 Å². The zero-order chi connectivity index (χ0) is 21.8. The molecule has 0 spiro atoms. The van der Waals surface area contributed by atoms with Gasteiger partial charge in [-0.25, -0.2) is 4.79 Å². The minimum absolute atomic E-state index is 0.0474. The van der Waals surface area contributed by atoms with Crippen LogP contribution in [0.2, 0.25) is 0 Å². The zero-order valence-corrected chi connectivity index (χ0v) is 15.7. The standard InChI is InChI=1S/C15H13ClF8O3S/c1-3-8-4-10(28(20,21,22,23)24)5-9-6-11(14(25)26-7(2)16)13(15(17,18)19)27-12(8)9/h4-7,13H,3H2,1-2H3/t7?,13-/m0/s1. The van der Waals surface area contributed by atoms with E-state index in [-0.39, 0.29) is 18.6 Å². The molecule has 0 N–H and O–H groups in total. The molecule has 2 atom stereocenters. The molecule has 2 rings (SSSR count). The van der Waals surface area contributed by atoms with E-state index >= 15 is 0 Å². The molecule has 1 aromatic carbocycles. The number of halogens is 9. The molecule has 1 aromatic rings. The van der Waals surface area contributed by atoms with Gasteiger partial charge in [0.1, 0.15) is 10.6 Å².